The molecule has 0 saturated carbocycles. The molecular weight excluding hydrogens is 244 g/mol. The average molecular weight is 277 g/mol. The highest BCUT2D eigenvalue weighted by molar-refractivity contribution is 8.00. The van der Waals surface area contributed by atoms with Crippen molar-refractivity contribution in [3.05, 3.63) is 0 Å². The van der Waals surface area contributed by atoms with E-state index in [2.05, 4.69) is 51.2 Å². The molecule has 0 amide bonds. The Bertz CT molecular complexity index is 155. The molecule has 0 nitrogen and oxygen atoms in total. The number of hydrogen-bond donors (Lipinski definition) is 0. The Labute approximate surface area is 118 Å². The van der Waals surface area contributed by atoms with Gasteiger partial charge in [-0.1, -0.05) is 47.0 Å². The number of rotatable bonds is 12. The summed E-state index contributed by atoms with van der Waals surface area (Å²) in [6, 6.07) is 0. The van der Waals surface area contributed by atoms with Gasteiger partial charge in [0.25, 0.3) is 0 Å². The van der Waals surface area contributed by atoms with E-state index in [1.165, 1.54) is 61.5 Å². The topological polar surface area (TPSA) is 0 Å². The zero-order chi connectivity index (χ0) is 13.0. The molecular formula is C15H32S2. The normalized spacial score (nSPS) is 12.0. The van der Waals surface area contributed by atoms with Gasteiger partial charge in [-0.2, -0.15) is 23.5 Å². The van der Waals surface area contributed by atoms with Crippen LogP contribution >= 0.6 is 23.5 Å². The smallest absolute Gasteiger partial charge is 0.00161 e. The Morgan fingerprint density at radius 1 is 0.765 bits per heavy atom. The SMILES string of the molecule is CCCCCSCCCSCC(C)(C)CCC. The van der Waals surface area contributed by atoms with Crippen molar-refractivity contribution in [2.45, 2.75) is 66.2 Å². The molecule has 104 valence electrons. The van der Waals surface area contributed by atoms with Gasteiger partial charge in [-0.05, 0) is 47.7 Å². The Hall–Kier alpha value is 0.700. The maximum absolute atomic E-state index is 2.41. The van der Waals surface area contributed by atoms with Crippen LogP contribution in [0.25, 0.3) is 0 Å². The molecule has 0 aromatic carbocycles. The van der Waals surface area contributed by atoms with Crippen molar-refractivity contribution in [1.29, 1.82) is 0 Å². The van der Waals surface area contributed by atoms with Gasteiger partial charge in [-0.25, -0.2) is 0 Å². The van der Waals surface area contributed by atoms with E-state index in [9.17, 15) is 0 Å². The van der Waals surface area contributed by atoms with E-state index in [1.54, 1.807) is 0 Å². The average Bonchev–Trinajstić information content (AvgIpc) is 2.27. The van der Waals surface area contributed by atoms with Crippen molar-refractivity contribution >= 4 is 23.5 Å². The quantitative estimate of drug-likeness (QED) is 0.409. The van der Waals surface area contributed by atoms with Crippen molar-refractivity contribution in [2.75, 3.05) is 23.0 Å². The molecule has 2 heteroatoms. The first-order valence-corrected chi connectivity index (χ1v) is 9.59. The number of thioether (sulfide) groups is 2. The Kier molecular flexibility index (Phi) is 12.3. The Morgan fingerprint density at radius 2 is 1.41 bits per heavy atom. The van der Waals surface area contributed by atoms with E-state index in [0.717, 1.165) is 0 Å². The highest BCUT2D eigenvalue weighted by atomic mass is 32.2. The summed E-state index contributed by atoms with van der Waals surface area (Å²) in [5, 5.41) is 0. The molecule has 0 N–H and O–H groups in total. The highest BCUT2D eigenvalue weighted by Gasteiger charge is 2.15. The van der Waals surface area contributed by atoms with Crippen molar-refractivity contribution in [3.63, 3.8) is 0 Å². The van der Waals surface area contributed by atoms with Crippen molar-refractivity contribution in [2.24, 2.45) is 5.41 Å². The summed E-state index contributed by atoms with van der Waals surface area (Å²) in [7, 11) is 0. The Balaban J connectivity index is 3.18. The van der Waals surface area contributed by atoms with E-state index < -0.39 is 0 Å². The Morgan fingerprint density at radius 3 is 2.06 bits per heavy atom. The fourth-order valence-corrected chi connectivity index (χ4v) is 4.25. The van der Waals surface area contributed by atoms with Gasteiger partial charge < -0.3 is 0 Å². The lowest BCUT2D eigenvalue weighted by molar-refractivity contribution is 0.382. The minimum absolute atomic E-state index is 0.549. The molecule has 0 aromatic heterocycles. The van der Waals surface area contributed by atoms with Crippen LogP contribution in [0.5, 0.6) is 0 Å². The molecule has 0 aliphatic carbocycles. The standard InChI is InChI=1S/C15H32S2/c1-5-7-8-11-16-12-9-13-17-14-15(3,4)10-6-2/h5-14H2,1-4H3. The predicted molar refractivity (Wildman–Crippen MR) is 87.5 cm³/mol. The summed E-state index contributed by atoms with van der Waals surface area (Å²) in [5.74, 6) is 5.43. The molecule has 0 heterocycles. The van der Waals surface area contributed by atoms with E-state index >= 15 is 0 Å². The summed E-state index contributed by atoms with van der Waals surface area (Å²) in [5.41, 5.74) is 0.549. The third-order valence-electron chi connectivity index (χ3n) is 2.89. The molecule has 0 aliphatic heterocycles. The minimum Gasteiger partial charge on any atom is -0.162 e. The molecule has 0 radical (unpaired) electrons. The molecule has 0 spiro atoms. The molecule has 0 aromatic rings. The number of hydrogen-bond acceptors (Lipinski definition) is 2. The third-order valence-corrected chi connectivity index (χ3v) is 5.61. The molecule has 0 rings (SSSR count). The van der Waals surface area contributed by atoms with Gasteiger partial charge >= 0.3 is 0 Å². The maximum Gasteiger partial charge on any atom is -0.00161 e. The number of unbranched alkanes of at least 4 members (excludes halogenated alkanes) is 2. The zero-order valence-electron chi connectivity index (χ0n) is 12.4. The summed E-state index contributed by atoms with van der Waals surface area (Å²) in [6.07, 6.45) is 8.25. The van der Waals surface area contributed by atoms with Gasteiger partial charge in [-0.3, -0.25) is 0 Å². The lowest BCUT2D eigenvalue weighted by Crippen LogP contribution is -2.14. The van der Waals surface area contributed by atoms with Crippen molar-refractivity contribution < 1.29 is 0 Å². The van der Waals surface area contributed by atoms with Crippen molar-refractivity contribution in [1.82, 2.24) is 0 Å². The molecule has 0 fully saturated rings. The van der Waals surface area contributed by atoms with Crippen LogP contribution in [0, 0.1) is 5.41 Å². The second-order valence-electron chi connectivity index (χ2n) is 5.64. The maximum atomic E-state index is 2.41. The molecule has 0 saturated heterocycles. The molecule has 17 heavy (non-hydrogen) atoms. The van der Waals surface area contributed by atoms with Crippen LogP contribution in [0.2, 0.25) is 0 Å². The first-order valence-electron chi connectivity index (χ1n) is 7.28. The minimum atomic E-state index is 0.549. The van der Waals surface area contributed by atoms with Crippen LogP contribution < -0.4 is 0 Å². The van der Waals surface area contributed by atoms with Crippen LogP contribution in [0.15, 0.2) is 0 Å². The van der Waals surface area contributed by atoms with Crippen LogP contribution in [-0.2, 0) is 0 Å². The molecule has 0 bridgehead atoms. The highest BCUT2D eigenvalue weighted by Crippen LogP contribution is 2.27. The van der Waals surface area contributed by atoms with Crippen LogP contribution in [-0.4, -0.2) is 23.0 Å². The van der Waals surface area contributed by atoms with Crippen LogP contribution in [0.4, 0.5) is 0 Å². The van der Waals surface area contributed by atoms with Crippen LogP contribution in [0.1, 0.15) is 66.2 Å². The summed E-state index contributed by atoms with van der Waals surface area (Å²) in [4.78, 5) is 0. The fraction of sp³-hybridized carbons (Fsp3) is 1.00. The first kappa shape index (κ1) is 17.7. The predicted octanol–water partition coefficient (Wildman–Crippen LogP) is 5.86. The van der Waals surface area contributed by atoms with E-state index in [0.29, 0.717) is 5.41 Å². The van der Waals surface area contributed by atoms with E-state index in [1.807, 2.05) is 0 Å². The van der Waals surface area contributed by atoms with Gasteiger partial charge in [0, 0.05) is 0 Å². The summed E-state index contributed by atoms with van der Waals surface area (Å²) >= 11 is 4.30. The second kappa shape index (κ2) is 11.8. The van der Waals surface area contributed by atoms with Gasteiger partial charge in [-0.15, -0.1) is 0 Å². The third kappa shape index (κ3) is 12.9. The van der Waals surface area contributed by atoms with E-state index in [-0.39, 0.29) is 0 Å². The first-order chi connectivity index (χ1) is 8.12. The monoisotopic (exact) mass is 276 g/mol. The lowest BCUT2D eigenvalue weighted by atomic mass is 9.91. The van der Waals surface area contributed by atoms with Gasteiger partial charge in [0.2, 0.25) is 0 Å². The molecule has 0 unspecified atom stereocenters. The molecule has 0 aliphatic rings. The van der Waals surface area contributed by atoms with Crippen molar-refractivity contribution in [3.8, 4) is 0 Å². The fourth-order valence-electron chi connectivity index (χ4n) is 1.92. The molecule has 0 atom stereocenters. The van der Waals surface area contributed by atoms with E-state index in [4.69, 9.17) is 0 Å². The summed E-state index contributed by atoms with van der Waals surface area (Å²) < 4.78 is 0. The van der Waals surface area contributed by atoms with Gasteiger partial charge in [0.15, 0.2) is 0 Å². The van der Waals surface area contributed by atoms with Gasteiger partial charge in [0.05, 0.1) is 0 Å². The second-order valence-corrected chi connectivity index (χ2v) is 7.97. The van der Waals surface area contributed by atoms with Crippen LogP contribution in [0.3, 0.4) is 0 Å². The van der Waals surface area contributed by atoms with Gasteiger partial charge in [0.1, 0.15) is 0 Å². The lowest BCUT2D eigenvalue weighted by Gasteiger charge is -2.23. The largest absolute Gasteiger partial charge is 0.162 e. The summed E-state index contributed by atoms with van der Waals surface area (Å²) in [6.45, 7) is 9.38. The zero-order valence-corrected chi connectivity index (χ0v) is 14.0.